The minimum absolute atomic E-state index is 0.420. The standard InChI is InChI=1S/C14H24N4O2/c1-15-12-7-14(17-13(16-12)10-19-3)18(2)8-11-5-4-6-20-9-11/h7,11H,4-6,8-10H2,1-3H3,(H,15,16,17). The zero-order valence-corrected chi connectivity index (χ0v) is 12.6. The first-order valence-electron chi connectivity index (χ1n) is 7.06. The quantitative estimate of drug-likeness (QED) is 0.852. The Morgan fingerprint density at radius 1 is 1.50 bits per heavy atom. The summed E-state index contributed by atoms with van der Waals surface area (Å²) in [6.45, 7) is 3.12. The fourth-order valence-corrected chi connectivity index (χ4v) is 2.43. The van der Waals surface area contributed by atoms with Crippen molar-refractivity contribution in [2.45, 2.75) is 19.4 Å². The molecule has 0 radical (unpaired) electrons. The molecule has 1 aromatic rings. The van der Waals surface area contributed by atoms with Gasteiger partial charge in [-0.3, -0.25) is 0 Å². The molecule has 0 aliphatic carbocycles. The number of methoxy groups -OCH3 is 1. The van der Waals surface area contributed by atoms with Gasteiger partial charge in [-0.05, 0) is 18.8 Å². The van der Waals surface area contributed by atoms with E-state index in [1.165, 1.54) is 6.42 Å². The second kappa shape index (κ2) is 7.40. The number of hydrogen-bond donors (Lipinski definition) is 1. The lowest BCUT2D eigenvalue weighted by molar-refractivity contribution is 0.0576. The van der Waals surface area contributed by atoms with Crippen LogP contribution in [0.15, 0.2) is 6.07 Å². The number of rotatable bonds is 6. The monoisotopic (exact) mass is 280 g/mol. The van der Waals surface area contributed by atoms with E-state index in [9.17, 15) is 0 Å². The summed E-state index contributed by atoms with van der Waals surface area (Å²) in [5.41, 5.74) is 0. The molecule has 20 heavy (non-hydrogen) atoms. The fraction of sp³-hybridized carbons (Fsp3) is 0.714. The lowest BCUT2D eigenvalue weighted by Gasteiger charge is -2.28. The molecule has 1 aliphatic rings. The molecule has 2 heterocycles. The number of aromatic nitrogens is 2. The van der Waals surface area contributed by atoms with Gasteiger partial charge in [-0.1, -0.05) is 0 Å². The van der Waals surface area contributed by atoms with Crippen LogP contribution in [0.25, 0.3) is 0 Å². The van der Waals surface area contributed by atoms with Crippen LogP contribution in [0.1, 0.15) is 18.7 Å². The van der Waals surface area contributed by atoms with Gasteiger partial charge in [0.25, 0.3) is 0 Å². The van der Waals surface area contributed by atoms with E-state index >= 15 is 0 Å². The summed E-state index contributed by atoms with van der Waals surface area (Å²) in [5, 5.41) is 3.07. The third-order valence-corrected chi connectivity index (χ3v) is 3.47. The van der Waals surface area contributed by atoms with Crippen molar-refractivity contribution < 1.29 is 9.47 Å². The maximum atomic E-state index is 5.53. The molecule has 0 aromatic carbocycles. The van der Waals surface area contributed by atoms with Crippen LogP contribution >= 0.6 is 0 Å². The molecule has 6 nitrogen and oxygen atoms in total. The SMILES string of the molecule is CNc1cc(N(C)CC2CCCOC2)nc(COC)n1. The van der Waals surface area contributed by atoms with Crippen LogP contribution < -0.4 is 10.2 Å². The second-order valence-electron chi connectivity index (χ2n) is 5.17. The van der Waals surface area contributed by atoms with Crippen molar-refractivity contribution in [3.8, 4) is 0 Å². The Kier molecular flexibility index (Phi) is 5.55. The summed E-state index contributed by atoms with van der Waals surface area (Å²) in [4.78, 5) is 11.1. The molecule has 2 rings (SSSR count). The topological polar surface area (TPSA) is 59.5 Å². The van der Waals surface area contributed by atoms with Crippen molar-refractivity contribution in [1.29, 1.82) is 0 Å². The van der Waals surface area contributed by atoms with Crippen molar-refractivity contribution in [1.82, 2.24) is 9.97 Å². The molecule has 6 heteroatoms. The average Bonchev–Trinajstić information content (AvgIpc) is 2.48. The van der Waals surface area contributed by atoms with Gasteiger partial charge in [-0.2, -0.15) is 0 Å². The summed E-state index contributed by atoms with van der Waals surface area (Å²) in [5.74, 6) is 3.00. The Labute approximate surface area is 120 Å². The van der Waals surface area contributed by atoms with E-state index in [2.05, 4.69) is 27.2 Å². The van der Waals surface area contributed by atoms with Crippen molar-refractivity contribution >= 4 is 11.6 Å². The van der Waals surface area contributed by atoms with Gasteiger partial charge < -0.3 is 19.7 Å². The molecule has 0 spiro atoms. The van der Waals surface area contributed by atoms with Crippen molar-refractivity contribution in [2.24, 2.45) is 5.92 Å². The summed E-state index contributed by atoms with van der Waals surface area (Å²) < 4.78 is 10.7. The molecular weight excluding hydrogens is 256 g/mol. The molecule has 1 aliphatic heterocycles. The van der Waals surface area contributed by atoms with Gasteiger partial charge in [-0.15, -0.1) is 0 Å². The van der Waals surface area contributed by atoms with Crippen LogP contribution in [-0.4, -0.2) is 50.9 Å². The van der Waals surface area contributed by atoms with Crippen LogP contribution in [0, 0.1) is 5.92 Å². The number of anilines is 2. The van der Waals surface area contributed by atoms with E-state index in [0.717, 1.165) is 37.8 Å². The smallest absolute Gasteiger partial charge is 0.158 e. The van der Waals surface area contributed by atoms with Crippen molar-refractivity contribution in [3.63, 3.8) is 0 Å². The lowest BCUT2D eigenvalue weighted by Crippen LogP contribution is -2.31. The van der Waals surface area contributed by atoms with Crippen LogP contribution in [-0.2, 0) is 16.1 Å². The Morgan fingerprint density at radius 3 is 3.00 bits per heavy atom. The number of ether oxygens (including phenoxy) is 2. The van der Waals surface area contributed by atoms with Crippen molar-refractivity contribution in [2.75, 3.05) is 51.2 Å². The first kappa shape index (κ1) is 15.0. The lowest BCUT2D eigenvalue weighted by atomic mass is 10.0. The van der Waals surface area contributed by atoms with Crippen molar-refractivity contribution in [3.05, 3.63) is 11.9 Å². The highest BCUT2D eigenvalue weighted by molar-refractivity contribution is 5.48. The molecule has 1 N–H and O–H groups in total. The predicted molar refractivity (Wildman–Crippen MR) is 79.1 cm³/mol. The van der Waals surface area contributed by atoms with E-state index in [0.29, 0.717) is 18.3 Å². The van der Waals surface area contributed by atoms with E-state index in [4.69, 9.17) is 9.47 Å². The Hall–Kier alpha value is -1.40. The normalized spacial score (nSPS) is 18.9. The number of hydrogen-bond acceptors (Lipinski definition) is 6. The van der Waals surface area contributed by atoms with Crippen LogP contribution in [0.4, 0.5) is 11.6 Å². The maximum Gasteiger partial charge on any atom is 0.158 e. The molecular formula is C14H24N4O2. The summed E-state index contributed by atoms with van der Waals surface area (Å²) in [7, 11) is 5.57. The molecule has 0 bridgehead atoms. The third kappa shape index (κ3) is 4.05. The van der Waals surface area contributed by atoms with Crippen LogP contribution in [0.3, 0.4) is 0 Å². The predicted octanol–water partition coefficient (Wildman–Crippen LogP) is 1.53. The molecule has 1 atom stereocenters. The summed E-state index contributed by atoms with van der Waals surface area (Å²) in [6.07, 6.45) is 2.37. The van der Waals surface area contributed by atoms with Gasteiger partial charge in [0.2, 0.25) is 0 Å². The maximum absolute atomic E-state index is 5.53. The Balaban J connectivity index is 2.06. The molecule has 1 unspecified atom stereocenters. The van der Waals surface area contributed by atoms with Crippen LogP contribution in [0.5, 0.6) is 0 Å². The highest BCUT2D eigenvalue weighted by Gasteiger charge is 2.17. The number of nitrogens with zero attached hydrogens (tertiary/aromatic N) is 3. The van der Waals surface area contributed by atoms with Gasteiger partial charge in [0.1, 0.15) is 18.2 Å². The van der Waals surface area contributed by atoms with Gasteiger partial charge in [0.05, 0.1) is 6.61 Å². The summed E-state index contributed by atoms with van der Waals surface area (Å²) >= 11 is 0. The van der Waals surface area contributed by atoms with E-state index in [1.807, 2.05) is 13.1 Å². The average molecular weight is 280 g/mol. The first-order chi connectivity index (χ1) is 9.72. The largest absolute Gasteiger partial charge is 0.381 e. The minimum atomic E-state index is 0.420. The van der Waals surface area contributed by atoms with Gasteiger partial charge in [0, 0.05) is 40.4 Å². The fourth-order valence-electron chi connectivity index (χ4n) is 2.43. The molecule has 0 saturated carbocycles. The molecule has 0 amide bonds. The van der Waals surface area contributed by atoms with Gasteiger partial charge in [0.15, 0.2) is 5.82 Å². The molecule has 1 fully saturated rings. The van der Waals surface area contributed by atoms with Gasteiger partial charge >= 0.3 is 0 Å². The highest BCUT2D eigenvalue weighted by Crippen LogP contribution is 2.19. The zero-order chi connectivity index (χ0) is 14.4. The third-order valence-electron chi connectivity index (χ3n) is 3.47. The first-order valence-corrected chi connectivity index (χ1v) is 7.06. The molecule has 1 saturated heterocycles. The number of nitrogens with one attached hydrogen (secondary N) is 1. The zero-order valence-electron chi connectivity index (χ0n) is 12.6. The molecule has 112 valence electrons. The van der Waals surface area contributed by atoms with Gasteiger partial charge in [-0.25, -0.2) is 9.97 Å². The van der Waals surface area contributed by atoms with E-state index < -0.39 is 0 Å². The molecule has 1 aromatic heterocycles. The highest BCUT2D eigenvalue weighted by atomic mass is 16.5. The summed E-state index contributed by atoms with van der Waals surface area (Å²) in [6, 6.07) is 1.96. The Bertz CT molecular complexity index is 422. The van der Waals surface area contributed by atoms with E-state index in [-0.39, 0.29) is 0 Å². The minimum Gasteiger partial charge on any atom is -0.381 e. The second-order valence-corrected chi connectivity index (χ2v) is 5.17. The van der Waals surface area contributed by atoms with Crippen LogP contribution in [0.2, 0.25) is 0 Å². The van der Waals surface area contributed by atoms with E-state index in [1.54, 1.807) is 7.11 Å². The Morgan fingerprint density at radius 2 is 2.35 bits per heavy atom.